The Morgan fingerprint density at radius 1 is 0.812 bits per heavy atom. The molecule has 2 N–H and O–H groups in total. The smallest absolute Gasteiger partial charge is 0.387 e. The first-order chi connectivity index (χ1) is 23.0. The number of halogens is 4. The summed E-state index contributed by atoms with van der Waals surface area (Å²) in [6.45, 7) is -1.23. The van der Waals surface area contributed by atoms with Crippen LogP contribution in [0.1, 0.15) is 44.6 Å². The predicted octanol–water partition coefficient (Wildman–Crippen LogP) is 6.08. The van der Waals surface area contributed by atoms with Gasteiger partial charge in [-0.05, 0) is 30.2 Å². The number of nitrogens with zero attached hydrogens (tertiary/aromatic N) is 3. The van der Waals surface area contributed by atoms with Gasteiger partial charge in [-0.2, -0.15) is 8.78 Å². The highest BCUT2D eigenvalue weighted by atomic mass is 79.9. The molecule has 16 heteroatoms. The van der Waals surface area contributed by atoms with E-state index in [1.54, 1.807) is 44.3 Å². The van der Waals surface area contributed by atoms with Crippen molar-refractivity contribution in [2.45, 2.75) is 23.4 Å². The van der Waals surface area contributed by atoms with Crippen molar-refractivity contribution in [1.29, 1.82) is 0 Å². The third-order valence-electron chi connectivity index (χ3n) is 6.20. The number of benzene rings is 3. The largest absolute Gasteiger partial charge is 0.493 e. The van der Waals surface area contributed by atoms with Crippen molar-refractivity contribution in [3.63, 3.8) is 0 Å². The molecule has 2 amide bonds. The first kappa shape index (κ1) is 39.6. The second kappa shape index (κ2) is 20.6. The first-order valence-corrected chi connectivity index (χ1v) is 15.8. The maximum Gasteiger partial charge on any atom is 0.387 e. The molecular formula is C32H35Br2F2N5O7. The standard InChI is InChI=1S/C21H23F2N3O5.C11H12Br2N2O2/c1-13(14-9-10-17(30-21(22)23)18(11-14)28-3)31-25-12-15-7-5-6-8-16(15)19(26-29-4)20(27)24-2;1-14-11(16)9(15-17-2)7-5-3-4-6-8(7)10(12)13/h5-13,21H,1-4H3,(H,24,27);3-6,10H,1-2H3,(H,14,16). The average Bonchev–Trinajstić information content (AvgIpc) is 3.09. The molecule has 0 spiro atoms. The Hall–Kier alpha value is -4.57. The summed E-state index contributed by atoms with van der Waals surface area (Å²) >= 11 is 6.83. The quantitative estimate of drug-likeness (QED) is 0.115. The number of methoxy groups -OCH3 is 1. The Kier molecular flexibility index (Phi) is 17.0. The van der Waals surface area contributed by atoms with Crippen molar-refractivity contribution in [3.05, 3.63) is 94.5 Å². The summed E-state index contributed by atoms with van der Waals surface area (Å²) in [5.41, 5.74) is 3.66. The van der Waals surface area contributed by atoms with Gasteiger partial charge in [0.15, 0.2) is 22.9 Å². The van der Waals surface area contributed by atoms with Gasteiger partial charge in [0.2, 0.25) is 0 Å². The number of nitrogens with one attached hydrogen (secondary N) is 2. The number of likely N-dealkylation sites (N-methyl/N-ethyl adjacent to an activating group) is 2. The molecule has 1 atom stereocenters. The van der Waals surface area contributed by atoms with Crippen LogP contribution in [-0.2, 0) is 24.1 Å². The Morgan fingerprint density at radius 3 is 1.92 bits per heavy atom. The van der Waals surface area contributed by atoms with E-state index in [1.807, 2.05) is 24.3 Å². The molecule has 0 heterocycles. The maximum atomic E-state index is 12.5. The van der Waals surface area contributed by atoms with Crippen LogP contribution in [0.4, 0.5) is 8.78 Å². The lowest BCUT2D eigenvalue weighted by Gasteiger charge is -2.14. The van der Waals surface area contributed by atoms with Crippen LogP contribution >= 0.6 is 31.9 Å². The van der Waals surface area contributed by atoms with Crippen LogP contribution in [0.15, 0.2) is 82.2 Å². The van der Waals surface area contributed by atoms with Gasteiger partial charge in [-0.15, -0.1) is 0 Å². The van der Waals surface area contributed by atoms with E-state index in [4.69, 9.17) is 19.2 Å². The van der Waals surface area contributed by atoms with Crippen LogP contribution in [0.25, 0.3) is 0 Å². The Morgan fingerprint density at radius 2 is 1.38 bits per heavy atom. The van der Waals surface area contributed by atoms with Crippen LogP contribution in [0.3, 0.4) is 0 Å². The number of oxime groups is 3. The first-order valence-electron chi connectivity index (χ1n) is 14.0. The molecule has 0 aromatic heterocycles. The van der Waals surface area contributed by atoms with Crippen LogP contribution in [0, 0.1) is 0 Å². The van der Waals surface area contributed by atoms with E-state index in [9.17, 15) is 18.4 Å². The number of hydrogen-bond donors (Lipinski definition) is 2. The molecule has 3 rings (SSSR count). The zero-order chi connectivity index (χ0) is 35.6. The topological polar surface area (TPSA) is 141 Å². The summed E-state index contributed by atoms with van der Waals surface area (Å²) < 4.78 is 34.4. The van der Waals surface area contributed by atoms with E-state index in [1.165, 1.54) is 46.7 Å². The lowest BCUT2D eigenvalue weighted by Crippen LogP contribution is -2.29. The van der Waals surface area contributed by atoms with Crippen molar-refractivity contribution in [2.24, 2.45) is 15.5 Å². The van der Waals surface area contributed by atoms with Gasteiger partial charge in [-0.25, -0.2) is 0 Å². The van der Waals surface area contributed by atoms with Gasteiger partial charge in [0.25, 0.3) is 11.8 Å². The lowest BCUT2D eigenvalue weighted by atomic mass is 10.0. The van der Waals surface area contributed by atoms with Gasteiger partial charge >= 0.3 is 6.61 Å². The summed E-state index contributed by atoms with van der Waals surface area (Å²) in [7, 11) is 7.14. The molecule has 0 saturated heterocycles. The van der Waals surface area contributed by atoms with Gasteiger partial charge in [-0.3, -0.25) is 9.59 Å². The van der Waals surface area contributed by atoms with Crippen molar-refractivity contribution in [3.8, 4) is 11.5 Å². The highest BCUT2D eigenvalue weighted by Gasteiger charge is 2.20. The maximum absolute atomic E-state index is 12.5. The Labute approximate surface area is 293 Å². The monoisotopic (exact) mass is 797 g/mol. The number of carbonyl (C=O) groups is 2. The van der Waals surface area contributed by atoms with E-state index < -0.39 is 18.6 Å². The minimum Gasteiger partial charge on any atom is -0.493 e. The summed E-state index contributed by atoms with van der Waals surface area (Å²) in [5, 5.41) is 16.6. The zero-order valence-electron chi connectivity index (χ0n) is 26.9. The number of rotatable bonds is 14. The fourth-order valence-corrected chi connectivity index (χ4v) is 4.74. The molecule has 12 nitrogen and oxygen atoms in total. The molecule has 258 valence electrons. The lowest BCUT2D eigenvalue weighted by molar-refractivity contribution is -0.115. The van der Waals surface area contributed by atoms with Crippen LogP contribution in [-0.4, -0.2) is 71.5 Å². The minimum atomic E-state index is -2.96. The molecule has 0 radical (unpaired) electrons. The molecule has 3 aromatic carbocycles. The molecule has 3 aromatic rings. The van der Waals surface area contributed by atoms with Gasteiger partial charge in [0.05, 0.1) is 17.1 Å². The summed E-state index contributed by atoms with van der Waals surface area (Å²) in [4.78, 5) is 38.8. The summed E-state index contributed by atoms with van der Waals surface area (Å²) in [6.07, 6.45) is 0.912. The Bertz CT molecular complexity index is 1610. The molecule has 0 aliphatic rings. The van der Waals surface area contributed by atoms with Gasteiger partial charge in [0, 0.05) is 30.8 Å². The average molecular weight is 799 g/mol. The molecule has 0 fully saturated rings. The van der Waals surface area contributed by atoms with E-state index in [2.05, 4.69) is 62.7 Å². The van der Waals surface area contributed by atoms with Crippen LogP contribution < -0.4 is 20.1 Å². The molecule has 0 bridgehead atoms. The van der Waals surface area contributed by atoms with E-state index in [0.717, 1.165) is 5.56 Å². The van der Waals surface area contributed by atoms with Crippen molar-refractivity contribution in [1.82, 2.24) is 10.6 Å². The highest BCUT2D eigenvalue weighted by molar-refractivity contribution is 9.24. The molecule has 48 heavy (non-hydrogen) atoms. The van der Waals surface area contributed by atoms with Gasteiger partial charge in [-0.1, -0.05) is 102 Å². The molecular weight excluding hydrogens is 764 g/mol. The highest BCUT2D eigenvalue weighted by Crippen LogP contribution is 2.33. The SMILES string of the molecule is CNC(=O)C(=NOC)c1ccccc1C(Br)Br.CNC(=O)C(=NOC)c1ccccc1C=NOC(C)c1ccc(OC(F)F)c(OC)c1. The van der Waals surface area contributed by atoms with Gasteiger partial charge < -0.3 is 34.6 Å². The second-order valence-electron chi connectivity index (χ2n) is 9.15. The number of carbonyl (C=O) groups excluding carboxylic acids is 2. The van der Waals surface area contributed by atoms with Crippen molar-refractivity contribution in [2.75, 3.05) is 35.4 Å². The summed E-state index contributed by atoms with van der Waals surface area (Å²) in [5.74, 6) is -0.645. The van der Waals surface area contributed by atoms with Crippen LogP contribution in [0.2, 0.25) is 0 Å². The minimum absolute atomic E-state index is 0.0575. The van der Waals surface area contributed by atoms with E-state index >= 15 is 0 Å². The third-order valence-corrected chi connectivity index (χ3v) is 7.19. The predicted molar refractivity (Wildman–Crippen MR) is 185 cm³/mol. The summed E-state index contributed by atoms with van der Waals surface area (Å²) in [6, 6.07) is 18.9. The zero-order valence-corrected chi connectivity index (χ0v) is 30.0. The normalized spacial score (nSPS) is 12.2. The Balaban J connectivity index is 0.000000397. The molecule has 0 saturated carbocycles. The van der Waals surface area contributed by atoms with Crippen molar-refractivity contribution < 1.29 is 42.4 Å². The van der Waals surface area contributed by atoms with Gasteiger partial charge in [0.1, 0.15) is 20.3 Å². The van der Waals surface area contributed by atoms with E-state index in [0.29, 0.717) is 22.3 Å². The number of hydrogen-bond acceptors (Lipinski definition) is 10. The fourth-order valence-electron chi connectivity index (χ4n) is 3.94. The number of alkyl halides is 4. The molecule has 0 aliphatic carbocycles. The van der Waals surface area contributed by atoms with E-state index in [-0.39, 0.29) is 32.6 Å². The molecule has 1 unspecified atom stereocenters. The fraction of sp³-hybridized carbons (Fsp3) is 0.281. The number of ether oxygens (including phenoxy) is 2. The van der Waals surface area contributed by atoms with Crippen molar-refractivity contribution >= 4 is 61.3 Å². The van der Waals surface area contributed by atoms with Crippen LogP contribution in [0.5, 0.6) is 11.5 Å². The second-order valence-corrected chi connectivity index (χ2v) is 12.2. The number of amides is 2. The third kappa shape index (κ3) is 11.6. The molecule has 0 aliphatic heterocycles.